The van der Waals surface area contributed by atoms with Crippen molar-refractivity contribution in [2.75, 3.05) is 6.54 Å². The highest BCUT2D eigenvalue weighted by Gasteiger charge is 2.21. The first kappa shape index (κ1) is 41.4. The van der Waals surface area contributed by atoms with E-state index in [4.69, 9.17) is 0 Å². The fourth-order valence-corrected chi connectivity index (χ4v) is 6.15. The zero-order chi connectivity index (χ0) is 30.9. The topological polar surface area (TPSA) is 60.8 Å². The van der Waals surface area contributed by atoms with E-state index >= 15 is 0 Å². The molecule has 0 aliphatic carbocycles. The molecule has 4 nitrogen and oxygen atoms in total. The highest BCUT2D eigenvalue weighted by Crippen LogP contribution is 2.16. The van der Waals surface area contributed by atoms with Crippen molar-refractivity contribution in [3.63, 3.8) is 0 Å². The van der Waals surface area contributed by atoms with Gasteiger partial charge in [-0.05, 0) is 19.8 Å². The van der Waals surface area contributed by atoms with E-state index in [1.165, 1.54) is 165 Å². The van der Waals surface area contributed by atoms with E-state index in [0.717, 1.165) is 25.7 Å². The van der Waals surface area contributed by atoms with Crippen LogP contribution in [0.25, 0.3) is 0 Å². The monoisotopic (exact) mass is 596 g/mol. The Kier molecular flexibility index (Phi) is 32.8. The number of aliphatic hydroxyl groups excluding tert-OH is 2. The van der Waals surface area contributed by atoms with Crippen LogP contribution in [0.1, 0.15) is 220 Å². The molecule has 0 saturated carbocycles. The molecule has 0 rings (SSSR count). The van der Waals surface area contributed by atoms with Crippen LogP contribution in [0.15, 0.2) is 0 Å². The molecule has 2 N–H and O–H groups in total. The van der Waals surface area contributed by atoms with Crippen molar-refractivity contribution in [2.45, 2.75) is 232 Å². The van der Waals surface area contributed by atoms with E-state index in [2.05, 4.69) is 13.8 Å². The van der Waals surface area contributed by atoms with Gasteiger partial charge in [-0.15, -0.1) is 0 Å². The number of carbonyl (C=O) groups excluding carboxylic acids is 1. The maximum absolute atomic E-state index is 12.7. The summed E-state index contributed by atoms with van der Waals surface area (Å²) in [6, 6.07) is 0. The van der Waals surface area contributed by atoms with Gasteiger partial charge in [0.05, 0.1) is 6.10 Å². The second-order valence-electron chi connectivity index (χ2n) is 13.4. The second-order valence-corrected chi connectivity index (χ2v) is 13.4. The average Bonchev–Trinajstić information content (AvgIpc) is 2.97. The molecule has 2 unspecified atom stereocenters. The third-order valence-electron chi connectivity index (χ3n) is 9.06. The van der Waals surface area contributed by atoms with Crippen LogP contribution in [-0.4, -0.2) is 39.9 Å². The van der Waals surface area contributed by atoms with Crippen molar-refractivity contribution in [3.8, 4) is 0 Å². The lowest BCUT2D eigenvalue weighted by atomic mass is 10.0. The van der Waals surface area contributed by atoms with Crippen molar-refractivity contribution in [1.29, 1.82) is 0 Å². The molecule has 0 aromatic heterocycles. The van der Waals surface area contributed by atoms with E-state index in [9.17, 15) is 15.0 Å². The van der Waals surface area contributed by atoms with Crippen LogP contribution in [0.4, 0.5) is 0 Å². The molecule has 0 aliphatic heterocycles. The third-order valence-corrected chi connectivity index (χ3v) is 9.06. The van der Waals surface area contributed by atoms with E-state index < -0.39 is 12.3 Å². The molecule has 0 fully saturated rings. The summed E-state index contributed by atoms with van der Waals surface area (Å²) in [5.74, 6) is -0.0142. The summed E-state index contributed by atoms with van der Waals surface area (Å²) in [5.41, 5.74) is 0. The number of hydrogen-bond donors (Lipinski definition) is 2. The highest BCUT2D eigenvalue weighted by atomic mass is 16.3. The quantitative estimate of drug-likeness (QED) is 0.0574. The second kappa shape index (κ2) is 33.3. The first-order valence-electron chi connectivity index (χ1n) is 19.2. The molecule has 4 heteroatoms. The number of unbranched alkanes of at least 4 members (excludes halogenated alkanes) is 27. The predicted molar refractivity (Wildman–Crippen MR) is 184 cm³/mol. The van der Waals surface area contributed by atoms with Gasteiger partial charge in [0.15, 0.2) is 0 Å². The van der Waals surface area contributed by atoms with Crippen LogP contribution in [-0.2, 0) is 4.79 Å². The van der Waals surface area contributed by atoms with E-state index in [1.807, 2.05) is 0 Å². The van der Waals surface area contributed by atoms with Gasteiger partial charge in [0, 0.05) is 13.0 Å². The van der Waals surface area contributed by atoms with Crippen LogP contribution < -0.4 is 0 Å². The fraction of sp³-hybridized carbons (Fsp3) is 0.974. The predicted octanol–water partition coefficient (Wildman–Crippen LogP) is 11.6. The zero-order valence-corrected chi connectivity index (χ0v) is 29.0. The Bertz CT molecular complexity index is 538. The van der Waals surface area contributed by atoms with Crippen LogP contribution >= 0.6 is 0 Å². The maximum Gasteiger partial charge on any atom is 0.224 e. The molecule has 0 spiro atoms. The molecule has 252 valence electrons. The smallest absolute Gasteiger partial charge is 0.224 e. The van der Waals surface area contributed by atoms with Gasteiger partial charge in [0.25, 0.3) is 0 Å². The standard InChI is InChI=1S/C38H77NO3/c1-4-6-8-10-12-14-16-18-20-22-24-26-28-30-32-34-38(42)39(36(3)40)35-37(41)33-31-29-27-25-23-21-19-17-15-13-11-9-7-5-2/h36-37,40-41H,4-35H2,1-3H3. The molecule has 0 heterocycles. The molecular formula is C38H77NO3. The minimum Gasteiger partial charge on any atom is -0.391 e. The third kappa shape index (κ3) is 29.5. The molecule has 0 aromatic rings. The molecule has 1 amide bonds. The molecule has 0 aromatic carbocycles. The summed E-state index contributed by atoms with van der Waals surface area (Å²) in [4.78, 5) is 14.2. The molecule has 0 radical (unpaired) electrons. The average molecular weight is 596 g/mol. The number of nitrogens with zero attached hydrogens (tertiary/aromatic N) is 1. The van der Waals surface area contributed by atoms with Gasteiger partial charge in [-0.25, -0.2) is 0 Å². The molecule has 0 saturated heterocycles. The Balaban J connectivity index is 3.64. The Morgan fingerprint density at radius 1 is 0.476 bits per heavy atom. The van der Waals surface area contributed by atoms with Crippen molar-refractivity contribution >= 4 is 5.91 Å². The molecule has 0 aliphatic rings. The van der Waals surface area contributed by atoms with E-state index in [-0.39, 0.29) is 12.5 Å². The highest BCUT2D eigenvalue weighted by molar-refractivity contribution is 5.76. The first-order valence-corrected chi connectivity index (χ1v) is 19.2. The van der Waals surface area contributed by atoms with E-state index in [1.54, 1.807) is 6.92 Å². The number of carbonyl (C=O) groups is 1. The summed E-state index contributed by atoms with van der Waals surface area (Å²) in [6.07, 6.45) is 38.0. The van der Waals surface area contributed by atoms with Gasteiger partial charge >= 0.3 is 0 Å². The minimum absolute atomic E-state index is 0.0142. The summed E-state index contributed by atoms with van der Waals surface area (Å²) < 4.78 is 0. The molecule has 42 heavy (non-hydrogen) atoms. The molecular weight excluding hydrogens is 518 g/mol. The SMILES string of the molecule is CCCCCCCCCCCCCCCCCC(=O)N(CC(O)CCCCCCCCCCCCCCCC)C(C)O. The van der Waals surface area contributed by atoms with Gasteiger partial charge in [-0.1, -0.05) is 194 Å². The summed E-state index contributed by atoms with van der Waals surface area (Å²) >= 11 is 0. The lowest BCUT2D eigenvalue weighted by Gasteiger charge is -2.28. The maximum atomic E-state index is 12.7. The first-order chi connectivity index (χ1) is 20.5. The summed E-state index contributed by atoms with van der Waals surface area (Å²) in [7, 11) is 0. The zero-order valence-electron chi connectivity index (χ0n) is 29.0. The van der Waals surface area contributed by atoms with Gasteiger partial charge in [0.2, 0.25) is 5.91 Å². The van der Waals surface area contributed by atoms with Crippen molar-refractivity contribution in [3.05, 3.63) is 0 Å². The largest absolute Gasteiger partial charge is 0.391 e. The fourth-order valence-electron chi connectivity index (χ4n) is 6.15. The Morgan fingerprint density at radius 2 is 0.762 bits per heavy atom. The van der Waals surface area contributed by atoms with Crippen molar-refractivity contribution in [2.24, 2.45) is 0 Å². The number of hydrogen-bond acceptors (Lipinski definition) is 3. The lowest BCUT2D eigenvalue weighted by Crippen LogP contribution is -2.43. The number of rotatable bonds is 34. The summed E-state index contributed by atoms with van der Waals surface area (Å²) in [5, 5.41) is 20.7. The Hall–Kier alpha value is -0.610. The molecule has 0 bridgehead atoms. The Labute approximate surface area is 264 Å². The van der Waals surface area contributed by atoms with Gasteiger partial charge in [-0.2, -0.15) is 0 Å². The van der Waals surface area contributed by atoms with E-state index in [0.29, 0.717) is 12.8 Å². The number of aliphatic hydroxyl groups is 2. The van der Waals surface area contributed by atoms with Crippen LogP contribution in [0, 0.1) is 0 Å². The van der Waals surface area contributed by atoms with Crippen molar-refractivity contribution < 1.29 is 15.0 Å². The minimum atomic E-state index is -0.833. The van der Waals surface area contributed by atoms with Crippen molar-refractivity contribution in [1.82, 2.24) is 4.90 Å². The van der Waals surface area contributed by atoms with Gasteiger partial charge in [-0.3, -0.25) is 4.79 Å². The van der Waals surface area contributed by atoms with Crippen LogP contribution in [0.5, 0.6) is 0 Å². The normalized spacial score (nSPS) is 13.0. The molecule has 2 atom stereocenters. The lowest BCUT2D eigenvalue weighted by molar-refractivity contribution is -0.142. The van der Waals surface area contributed by atoms with Gasteiger partial charge < -0.3 is 15.1 Å². The summed E-state index contributed by atoms with van der Waals surface area (Å²) in [6.45, 7) is 6.45. The van der Waals surface area contributed by atoms with Gasteiger partial charge in [0.1, 0.15) is 6.23 Å². The van der Waals surface area contributed by atoms with Crippen LogP contribution in [0.3, 0.4) is 0 Å². The van der Waals surface area contributed by atoms with Crippen LogP contribution in [0.2, 0.25) is 0 Å². The Morgan fingerprint density at radius 3 is 1.07 bits per heavy atom. The number of amides is 1.